The first-order chi connectivity index (χ1) is 25.8. The molecular formula is C50H33NS. The Kier molecular flexibility index (Phi) is 7.41. The minimum atomic E-state index is 1.11. The van der Waals surface area contributed by atoms with Gasteiger partial charge in [0, 0.05) is 36.8 Å². The van der Waals surface area contributed by atoms with Gasteiger partial charge in [0.15, 0.2) is 0 Å². The van der Waals surface area contributed by atoms with Gasteiger partial charge in [-0.25, -0.2) is 0 Å². The average Bonchev–Trinajstić information content (AvgIpc) is 3.61. The molecule has 0 saturated carbocycles. The van der Waals surface area contributed by atoms with Crippen molar-refractivity contribution in [3.8, 4) is 33.4 Å². The number of rotatable bonds is 6. The predicted octanol–water partition coefficient (Wildman–Crippen LogP) is 14.8. The second-order valence-electron chi connectivity index (χ2n) is 13.3. The molecule has 244 valence electrons. The maximum Gasteiger partial charge on any atom is 0.0547 e. The number of anilines is 3. The molecule has 1 nitrogen and oxygen atoms in total. The van der Waals surface area contributed by atoms with Gasteiger partial charge in [0.2, 0.25) is 0 Å². The van der Waals surface area contributed by atoms with E-state index in [2.05, 4.69) is 205 Å². The van der Waals surface area contributed by atoms with Crippen molar-refractivity contribution in [1.82, 2.24) is 0 Å². The zero-order chi connectivity index (χ0) is 34.4. The summed E-state index contributed by atoms with van der Waals surface area (Å²) in [5.41, 5.74) is 10.7. The summed E-state index contributed by atoms with van der Waals surface area (Å²) in [7, 11) is 0. The van der Waals surface area contributed by atoms with E-state index in [4.69, 9.17) is 0 Å². The molecular weight excluding hydrogens is 647 g/mol. The Labute approximate surface area is 307 Å². The van der Waals surface area contributed by atoms with Crippen molar-refractivity contribution in [1.29, 1.82) is 0 Å². The summed E-state index contributed by atoms with van der Waals surface area (Å²) in [5.74, 6) is 0. The quantitative estimate of drug-likeness (QED) is 0.158. The maximum absolute atomic E-state index is 2.50. The Morgan fingerprint density at radius 1 is 0.327 bits per heavy atom. The van der Waals surface area contributed by atoms with E-state index in [1.165, 1.54) is 75.1 Å². The standard InChI is InChI=1S/C50H33NS/c1-3-14-34(15-4-1)36-26-28-40(29-27-36)51(46-33-38-18-7-8-21-41(38)42-22-9-10-23-43(42)46)45-30-31-48-50(44-24-11-12-25-47(44)52-48)49(45)39-20-13-19-37(32-39)35-16-5-2-6-17-35/h1-33H. The third kappa shape index (κ3) is 5.16. The molecule has 0 fully saturated rings. The first kappa shape index (κ1) is 30.4. The van der Waals surface area contributed by atoms with Gasteiger partial charge in [-0.05, 0) is 86.4 Å². The Hall–Kier alpha value is -6.48. The second kappa shape index (κ2) is 12.7. The number of thiophene rings is 1. The SMILES string of the molecule is c1ccc(-c2ccc(N(c3ccc4sc5ccccc5c4c3-c3cccc(-c4ccccc4)c3)c3cc4ccccc4c4ccccc34)cc2)cc1. The molecule has 0 radical (unpaired) electrons. The summed E-state index contributed by atoms with van der Waals surface area (Å²) in [6, 6.07) is 73.0. The predicted molar refractivity (Wildman–Crippen MR) is 225 cm³/mol. The Balaban J connectivity index is 1.31. The van der Waals surface area contributed by atoms with Gasteiger partial charge >= 0.3 is 0 Å². The summed E-state index contributed by atoms with van der Waals surface area (Å²) in [4.78, 5) is 2.50. The Morgan fingerprint density at radius 2 is 0.904 bits per heavy atom. The van der Waals surface area contributed by atoms with E-state index in [1.807, 2.05) is 11.3 Å². The van der Waals surface area contributed by atoms with Gasteiger partial charge in [0.25, 0.3) is 0 Å². The molecule has 0 aliphatic heterocycles. The molecule has 9 aromatic carbocycles. The van der Waals surface area contributed by atoms with Crippen LogP contribution in [0.4, 0.5) is 17.1 Å². The monoisotopic (exact) mass is 679 g/mol. The van der Waals surface area contributed by atoms with E-state index in [0.717, 1.165) is 17.1 Å². The molecule has 0 aliphatic carbocycles. The molecule has 1 aromatic heterocycles. The van der Waals surface area contributed by atoms with Crippen LogP contribution in [0.25, 0.3) is 75.1 Å². The fraction of sp³-hybridized carbons (Fsp3) is 0. The van der Waals surface area contributed by atoms with Crippen LogP contribution in [0.1, 0.15) is 0 Å². The van der Waals surface area contributed by atoms with Crippen LogP contribution in [0.5, 0.6) is 0 Å². The maximum atomic E-state index is 2.50. The lowest BCUT2D eigenvalue weighted by Crippen LogP contribution is -2.12. The molecule has 0 unspecified atom stereocenters. The van der Waals surface area contributed by atoms with Crippen LogP contribution >= 0.6 is 11.3 Å². The van der Waals surface area contributed by atoms with Crippen LogP contribution in [-0.2, 0) is 0 Å². The molecule has 0 atom stereocenters. The smallest absolute Gasteiger partial charge is 0.0547 e. The van der Waals surface area contributed by atoms with Gasteiger partial charge in [-0.3, -0.25) is 0 Å². The molecule has 0 saturated heterocycles. The first-order valence-corrected chi connectivity index (χ1v) is 18.6. The third-order valence-corrected chi connectivity index (χ3v) is 11.4. The highest BCUT2D eigenvalue weighted by Crippen LogP contribution is 2.50. The Morgan fingerprint density at radius 3 is 1.67 bits per heavy atom. The van der Waals surface area contributed by atoms with Gasteiger partial charge in [-0.15, -0.1) is 11.3 Å². The van der Waals surface area contributed by atoms with Crippen molar-refractivity contribution in [3.63, 3.8) is 0 Å². The number of hydrogen-bond acceptors (Lipinski definition) is 2. The fourth-order valence-electron chi connectivity index (χ4n) is 7.83. The highest BCUT2D eigenvalue weighted by molar-refractivity contribution is 7.26. The van der Waals surface area contributed by atoms with Crippen LogP contribution in [-0.4, -0.2) is 0 Å². The molecule has 0 spiro atoms. The second-order valence-corrected chi connectivity index (χ2v) is 14.4. The normalized spacial score (nSPS) is 11.5. The van der Waals surface area contributed by atoms with Gasteiger partial charge < -0.3 is 4.90 Å². The van der Waals surface area contributed by atoms with Gasteiger partial charge in [0.1, 0.15) is 0 Å². The van der Waals surface area contributed by atoms with Crippen molar-refractivity contribution < 1.29 is 0 Å². The topological polar surface area (TPSA) is 3.24 Å². The minimum absolute atomic E-state index is 1.11. The Bertz CT molecular complexity index is 2890. The molecule has 0 aliphatic rings. The van der Waals surface area contributed by atoms with Gasteiger partial charge in [-0.2, -0.15) is 0 Å². The van der Waals surface area contributed by atoms with Crippen LogP contribution < -0.4 is 4.90 Å². The van der Waals surface area contributed by atoms with E-state index in [-0.39, 0.29) is 0 Å². The average molecular weight is 680 g/mol. The summed E-state index contributed by atoms with van der Waals surface area (Å²) in [5, 5.41) is 7.52. The summed E-state index contributed by atoms with van der Waals surface area (Å²) in [6.45, 7) is 0. The van der Waals surface area contributed by atoms with Crippen LogP contribution in [0, 0.1) is 0 Å². The number of nitrogens with zero attached hydrogens (tertiary/aromatic N) is 1. The molecule has 0 bridgehead atoms. The number of hydrogen-bond donors (Lipinski definition) is 0. The molecule has 0 N–H and O–H groups in total. The molecule has 2 heteroatoms. The summed E-state index contributed by atoms with van der Waals surface area (Å²) >= 11 is 1.87. The lowest BCUT2D eigenvalue weighted by molar-refractivity contribution is 1.31. The van der Waals surface area contributed by atoms with Crippen molar-refractivity contribution in [2.45, 2.75) is 0 Å². The summed E-state index contributed by atoms with van der Waals surface area (Å²) in [6.07, 6.45) is 0. The first-order valence-electron chi connectivity index (χ1n) is 17.8. The fourth-order valence-corrected chi connectivity index (χ4v) is 8.94. The number of fused-ring (bicyclic) bond motifs is 6. The van der Waals surface area contributed by atoms with Crippen molar-refractivity contribution in [3.05, 3.63) is 200 Å². The van der Waals surface area contributed by atoms with E-state index in [0.29, 0.717) is 0 Å². The van der Waals surface area contributed by atoms with Crippen molar-refractivity contribution >= 4 is 70.1 Å². The number of benzene rings is 9. The van der Waals surface area contributed by atoms with E-state index in [1.54, 1.807) is 0 Å². The third-order valence-electron chi connectivity index (χ3n) is 10.2. The largest absolute Gasteiger partial charge is 0.309 e. The molecule has 1 heterocycles. The van der Waals surface area contributed by atoms with E-state index in [9.17, 15) is 0 Å². The van der Waals surface area contributed by atoms with E-state index < -0.39 is 0 Å². The zero-order valence-corrected chi connectivity index (χ0v) is 29.2. The highest BCUT2D eigenvalue weighted by atomic mass is 32.1. The summed E-state index contributed by atoms with van der Waals surface area (Å²) < 4.78 is 2.58. The molecule has 0 amide bonds. The lowest BCUT2D eigenvalue weighted by atomic mass is 9.93. The minimum Gasteiger partial charge on any atom is -0.309 e. The van der Waals surface area contributed by atoms with Crippen molar-refractivity contribution in [2.24, 2.45) is 0 Å². The lowest BCUT2D eigenvalue weighted by Gasteiger charge is -2.30. The highest BCUT2D eigenvalue weighted by Gasteiger charge is 2.24. The molecule has 10 rings (SSSR count). The van der Waals surface area contributed by atoms with Gasteiger partial charge in [0.05, 0.1) is 11.4 Å². The van der Waals surface area contributed by atoms with Crippen molar-refractivity contribution in [2.75, 3.05) is 4.90 Å². The van der Waals surface area contributed by atoms with Crippen LogP contribution in [0.15, 0.2) is 200 Å². The van der Waals surface area contributed by atoms with Crippen LogP contribution in [0.2, 0.25) is 0 Å². The zero-order valence-electron chi connectivity index (χ0n) is 28.4. The van der Waals surface area contributed by atoms with Crippen LogP contribution in [0.3, 0.4) is 0 Å². The van der Waals surface area contributed by atoms with E-state index >= 15 is 0 Å². The van der Waals surface area contributed by atoms with Gasteiger partial charge in [-0.1, -0.05) is 158 Å². The molecule has 10 aromatic rings. The molecule has 52 heavy (non-hydrogen) atoms.